The van der Waals surface area contributed by atoms with E-state index >= 15 is 0 Å². The Labute approximate surface area is 118 Å². The fourth-order valence-corrected chi connectivity index (χ4v) is 3.58. The summed E-state index contributed by atoms with van der Waals surface area (Å²) in [5.41, 5.74) is 6.14. The van der Waals surface area contributed by atoms with Crippen LogP contribution in [0.25, 0.3) is 0 Å². The van der Waals surface area contributed by atoms with Crippen LogP contribution in [0, 0.1) is 11.3 Å². The van der Waals surface area contributed by atoms with Crippen LogP contribution in [-0.2, 0) is 4.74 Å². The van der Waals surface area contributed by atoms with Gasteiger partial charge in [0.05, 0.1) is 12.2 Å². The van der Waals surface area contributed by atoms with Crippen molar-refractivity contribution in [1.82, 2.24) is 4.90 Å². The molecule has 0 aromatic heterocycles. The summed E-state index contributed by atoms with van der Waals surface area (Å²) in [6.45, 7) is 11.5. The van der Waals surface area contributed by atoms with Gasteiger partial charge in [0.25, 0.3) is 0 Å². The second-order valence-corrected chi connectivity index (χ2v) is 7.49. The zero-order valence-corrected chi connectivity index (χ0v) is 13.0. The van der Waals surface area contributed by atoms with E-state index in [0.29, 0.717) is 24.2 Å². The van der Waals surface area contributed by atoms with Gasteiger partial charge in [0.1, 0.15) is 0 Å². The highest BCUT2D eigenvalue weighted by molar-refractivity contribution is 4.82. The molecule has 3 nitrogen and oxygen atoms in total. The molecule has 0 aromatic carbocycles. The molecule has 3 heteroatoms. The van der Waals surface area contributed by atoms with Gasteiger partial charge in [-0.05, 0) is 56.5 Å². The van der Waals surface area contributed by atoms with Crippen molar-refractivity contribution in [3.05, 3.63) is 0 Å². The summed E-state index contributed by atoms with van der Waals surface area (Å²) in [5, 5.41) is 0. The summed E-state index contributed by atoms with van der Waals surface area (Å²) in [5.74, 6) is 0.874. The Hall–Kier alpha value is -0.120. The van der Waals surface area contributed by atoms with Gasteiger partial charge in [-0.25, -0.2) is 0 Å². The number of hydrogen-bond donors (Lipinski definition) is 1. The van der Waals surface area contributed by atoms with Gasteiger partial charge in [0.2, 0.25) is 0 Å². The molecule has 2 fully saturated rings. The number of nitrogens with two attached hydrogens (primary N) is 1. The van der Waals surface area contributed by atoms with E-state index in [9.17, 15) is 0 Å². The molecule has 3 unspecified atom stereocenters. The molecule has 2 rings (SSSR count). The second kappa shape index (κ2) is 6.55. The summed E-state index contributed by atoms with van der Waals surface area (Å²) in [6.07, 6.45) is 7.17. The molecule has 0 bridgehead atoms. The molecule has 0 aromatic rings. The van der Waals surface area contributed by atoms with Gasteiger partial charge >= 0.3 is 0 Å². The standard InChI is InChI=1S/C16H32N2O/c1-16(2,3)13-5-4-9-18(10-8-13)12-15-7-6-14(11-17)19-15/h13-15H,4-12,17H2,1-3H3. The second-order valence-electron chi connectivity index (χ2n) is 7.49. The minimum absolute atomic E-state index is 0.319. The Bertz CT molecular complexity index is 274. The van der Waals surface area contributed by atoms with Crippen molar-refractivity contribution in [2.75, 3.05) is 26.2 Å². The number of likely N-dealkylation sites (tertiary alicyclic amines) is 1. The van der Waals surface area contributed by atoms with Crippen LogP contribution in [-0.4, -0.2) is 43.3 Å². The fourth-order valence-electron chi connectivity index (χ4n) is 3.58. The summed E-state index contributed by atoms with van der Waals surface area (Å²) in [4.78, 5) is 2.62. The van der Waals surface area contributed by atoms with E-state index in [1.54, 1.807) is 0 Å². The zero-order chi connectivity index (χ0) is 13.9. The molecule has 112 valence electrons. The normalized spacial score (nSPS) is 34.4. The molecular weight excluding hydrogens is 236 g/mol. The van der Waals surface area contributed by atoms with Gasteiger partial charge < -0.3 is 15.4 Å². The lowest BCUT2D eigenvalue weighted by molar-refractivity contribution is 0.0272. The predicted molar refractivity (Wildman–Crippen MR) is 80.2 cm³/mol. The van der Waals surface area contributed by atoms with E-state index in [-0.39, 0.29) is 0 Å². The minimum Gasteiger partial charge on any atom is -0.372 e. The van der Waals surface area contributed by atoms with E-state index in [2.05, 4.69) is 25.7 Å². The van der Waals surface area contributed by atoms with Crippen LogP contribution < -0.4 is 5.73 Å². The molecule has 2 heterocycles. The molecule has 3 atom stereocenters. The predicted octanol–water partition coefficient (Wildman–Crippen LogP) is 2.64. The van der Waals surface area contributed by atoms with Crippen molar-refractivity contribution in [3.8, 4) is 0 Å². The first-order chi connectivity index (χ1) is 8.99. The van der Waals surface area contributed by atoms with Crippen molar-refractivity contribution in [2.24, 2.45) is 17.1 Å². The van der Waals surface area contributed by atoms with Crippen molar-refractivity contribution in [2.45, 2.75) is 65.1 Å². The Morgan fingerprint density at radius 2 is 1.79 bits per heavy atom. The highest BCUT2D eigenvalue weighted by Crippen LogP contribution is 2.34. The van der Waals surface area contributed by atoms with Crippen LogP contribution in [0.3, 0.4) is 0 Å². The van der Waals surface area contributed by atoms with E-state index in [0.717, 1.165) is 18.9 Å². The average molecular weight is 268 g/mol. The Balaban J connectivity index is 1.77. The third-order valence-corrected chi connectivity index (χ3v) is 4.97. The van der Waals surface area contributed by atoms with Crippen molar-refractivity contribution >= 4 is 0 Å². The molecule has 0 radical (unpaired) electrons. The lowest BCUT2D eigenvalue weighted by Crippen LogP contribution is -2.34. The topological polar surface area (TPSA) is 38.5 Å². The highest BCUT2D eigenvalue weighted by Gasteiger charge is 2.29. The molecule has 2 aliphatic rings. The molecule has 19 heavy (non-hydrogen) atoms. The quantitative estimate of drug-likeness (QED) is 0.855. The molecule has 2 N–H and O–H groups in total. The summed E-state index contributed by atoms with van der Waals surface area (Å²) < 4.78 is 5.98. The van der Waals surface area contributed by atoms with Gasteiger partial charge in [0.15, 0.2) is 0 Å². The van der Waals surface area contributed by atoms with E-state index < -0.39 is 0 Å². The van der Waals surface area contributed by atoms with Crippen LogP contribution in [0.15, 0.2) is 0 Å². The van der Waals surface area contributed by atoms with Crippen LogP contribution in [0.1, 0.15) is 52.9 Å². The Morgan fingerprint density at radius 3 is 2.42 bits per heavy atom. The monoisotopic (exact) mass is 268 g/mol. The van der Waals surface area contributed by atoms with Crippen LogP contribution in [0.5, 0.6) is 0 Å². The SMILES string of the molecule is CC(C)(C)C1CCCN(CC2CCC(CN)O2)CC1. The number of nitrogens with zero attached hydrogens (tertiary/aromatic N) is 1. The van der Waals surface area contributed by atoms with Crippen LogP contribution >= 0.6 is 0 Å². The third kappa shape index (κ3) is 4.44. The van der Waals surface area contributed by atoms with E-state index in [1.807, 2.05) is 0 Å². The summed E-state index contributed by atoms with van der Waals surface area (Å²) >= 11 is 0. The largest absolute Gasteiger partial charge is 0.372 e. The van der Waals surface area contributed by atoms with Gasteiger partial charge in [-0.15, -0.1) is 0 Å². The van der Waals surface area contributed by atoms with Crippen molar-refractivity contribution in [1.29, 1.82) is 0 Å². The third-order valence-electron chi connectivity index (χ3n) is 4.97. The van der Waals surface area contributed by atoms with Crippen molar-refractivity contribution < 1.29 is 4.74 Å². The maximum absolute atomic E-state index is 5.98. The van der Waals surface area contributed by atoms with E-state index in [1.165, 1.54) is 38.8 Å². The molecular formula is C16H32N2O. The van der Waals surface area contributed by atoms with E-state index in [4.69, 9.17) is 10.5 Å². The summed E-state index contributed by atoms with van der Waals surface area (Å²) in [7, 11) is 0. The van der Waals surface area contributed by atoms with Crippen LogP contribution in [0.4, 0.5) is 0 Å². The first-order valence-electron chi connectivity index (χ1n) is 8.07. The Kier molecular flexibility index (Phi) is 5.27. The van der Waals surface area contributed by atoms with Crippen LogP contribution in [0.2, 0.25) is 0 Å². The number of ether oxygens (including phenoxy) is 1. The molecule has 2 aliphatic heterocycles. The average Bonchev–Trinajstić information content (AvgIpc) is 2.65. The Morgan fingerprint density at radius 1 is 1.05 bits per heavy atom. The lowest BCUT2D eigenvalue weighted by atomic mass is 9.77. The maximum Gasteiger partial charge on any atom is 0.0707 e. The zero-order valence-electron chi connectivity index (χ0n) is 13.0. The highest BCUT2D eigenvalue weighted by atomic mass is 16.5. The lowest BCUT2D eigenvalue weighted by Gasteiger charge is -2.30. The van der Waals surface area contributed by atoms with Gasteiger partial charge in [-0.2, -0.15) is 0 Å². The van der Waals surface area contributed by atoms with Gasteiger partial charge in [-0.1, -0.05) is 20.8 Å². The number of hydrogen-bond acceptors (Lipinski definition) is 3. The van der Waals surface area contributed by atoms with Crippen molar-refractivity contribution in [3.63, 3.8) is 0 Å². The molecule has 0 aliphatic carbocycles. The maximum atomic E-state index is 5.98. The first-order valence-corrected chi connectivity index (χ1v) is 8.07. The van der Waals surface area contributed by atoms with Gasteiger partial charge in [0, 0.05) is 13.1 Å². The number of rotatable bonds is 3. The molecule has 0 amide bonds. The molecule has 2 saturated heterocycles. The molecule has 0 spiro atoms. The summed E-state index contributed by atoms with van der Waals surface area (Å²) in [6, 6.07) is 0. The molecule has 0 saturated carbocycles. The first kappa shape index (κ1) is 15.3. The minimum atomic E-state index is 0.319. The smallest absolute Gasteiger partial charge is 0.0707 e. The van der Waals surface area contributed by atoms with Gasteiger partial charge in [-0.3, -0.25) is 0 Å². The fraction of sp³-hybridized carbons (Fsp3) is 1.00.